The van der Waals surface area contributed by atoms with Crippen LogP contribution in [-0.4, -0.2) is 45.6 Å². The number of nitrogens with zero attached hydrogens (tertiary/aromatic N) is 5. The number of nitrogens with one attached hydrogen (secondary N) is 2. The van der Waals surface area contributed by atoms with Gasteiger partial charge in [0.05, 0.1) is 6.54 Å². The first kappa shape index (κ1) is 25.6. The third-order valence-corrected chi connectivity index (χ3v) is 5.46. The fourth-order valence-corrected chi connectivity index (χ4v) is 3.80. The third kappa shape index (κ3) is 7.53. The van der Waals surface area contributed by atoms with Crippen LogP contribution < -0.4 is 10.6 Å². The van der Waals surface area contributed by atoms with Crippen molar-refractivity contribution in [2.45, 2.75) is 26.1 Å². The van der Waals surface area contributed by atoms with E-state index in [0.717, 1.165) is 50.0 Å². The molecule has 34 heavy (non-hydrogen) atoms. The molecule has 0 aliphatic carbocycles. The summed E-state index contributed by atoms with van der Waals surface area (Å²) in [6.07, 6.45) is 2.98. The van der Waals surface area contributed by atoms with Crippen LogP contribution in [0.4, 0.5) is 0 Å². The molecule has 0 saturated carbocycles. The molecule has 0 fully saturated rings. The molecule has 0 saturated heterocycles. The SMILES string of the molecule is CN=C(NCCCN(Cc1ccccc1)Cc1ccccc1)NCc1nnc2ccccn12.I. The second-order valence-electron chi connectivity index (χ2n) is 7.93. The predicted octanol–water partition coefficient (Wildman–Crippen LogP) is 4.10. The van der Waals surface area contributed by atoms with Gasteiger partial charge in [0.2, 0.25) is 0 Å². The number of aliphatic imine (C=N–C) groups is 1. The molecule has 4 aromatic rings. The van der Waals surface area contributed by atoms with E-state index in [2.05, 4.69) is 91.4 Å². The maximum atomic E-state index is 4.34. The molecule has 0 atom stereocenters. The highest BCUT2D eigenvalue weighted by Gasteiger charge is 2.08. The van der Waals surface area contributed by atoms with Crippen molar-refractivity contribution >= 4 is 35.6 Å². The van der Waals surface area contributed by atoms with Gasteiger partial charge in [0.25, 0.3) is 0 Å². The highest BCUT2D eigenvalue weighted by Crippen LogP contribution is 2.10. The first-order valence-corrected chi connectivity index (χ1v) is 11.3. The van der Waals surface area contributed by atoms with Crippen LogP contribution in [0.5, 0.6) is 0 Å². The van der Waals surface area contributed by atoms with Crippen LogP contribution in [0.3, 0.4) is 0 Å². The molecule has 2 aromatic heterocycles. The summed E-state index contributed by atoms with van der Waals surface area (Å²) in [7, 11) is 1.79. The lowest BCUT2D eigenvalue weighted by Gasteiger charge is -2.23. The standard InChI is InChI=1S/C26H31N7.HI/c1-27-26(29-19-25-31-30-24-15-8-9-18-33(24)25)28-16-10-17-32(20-22-11-4-2-5-12-22)21-23-13-6-3-7-14-23;/h2-9,11-15,18H,10,16-17,19-21H2,1H3,(H2,27,28,29);1H. The Labute approximate surface area is 218 Å². The third-order valence-electron chi connectivity index (χ3n) is 5.46. The molecule has 7 nitrogen and oxygen atoms in total. The Balaban J connectivity index is 0.00000324. The van der Waals surface area contributed by atoms with E-state index in [0.29, 0.717) is 6.54 Å². The Morgan fingerprint density at radius 1 is 0.853 bits per heavy atom. The molecule has 0 aliphatic rings. The first-order valence-electron chi connectivity index (χ1n) is 11.3. The number of benzene rings is 2. The Morgan fingerprint density at radius 2 is 1.50 bits per heavy atom. The Hall–Kier alpha value is -2.98. The average Bonchev–Trinajstić information content (AvgIpc) is 3.28. The summed E-state index contributed by atoms with van der Waals surface area (Å²) in [5.41, 5.74) is 3.51. The van der Waals surface area contributed by atoms with Gasteiger partial charge in [-0.25, -0.2) is 0 Å². The highest BCUT2D eigenvalue weighted by molar-refractivity contribution is 14.0. The molecule has 0 radical (unpaired) electrons. The van der Waals surface area contributed by atoms with Gasteiger partial charge in [0, 0.05) is 39.4 Å². The van der Waals surface area contributed by atoms with Crippen LogP contribution in [0.1, 0.15) is 23.4 Å². The number of hydrogen-bond acceptors (Lipinski definition) is 4. The largest absolute Gasteiger partial charge is 0.356 e. The van der Waals surface area contributed by atoms with Crippen LogP contribution in [-0.2, 0) is 19.6 Å². The molecular formula is C26H32IN7. The Morgan fingerprint density at radius 3 is 2.15 bits per heavy atom. The second kappa shape index (κ2) is 13.7. The summed E-state index contributed by atoms with van der Waals surface area (Å²) < 4.78 is 1.98. The van der Waals surface area contributed by atoms with Crippen molar-refractivity contribution in [3.63, 3.8) is 0 Å². The normalized spacial score (nSPS) is 11.4. The number of rotatable bonds is 10. The lowest BCUT2D eigenvalue weighted by molar-refractivity contribution is 0.254. The molecule has 2 heterocycles. The van der Waals surface area contributed by atoms with Crippen LogP contribution in [0, 0.1) is 0 Å². The molecule has 0 spiro atoms. The number of aromatic nitrogens is 3. The lowest BCUT2D eigenvalue weighted by Crippen LogP contribution is -2.38. The minimum absolute atomic E-state index is 0. The summed E-state index contributed by atoms with van der Waals surface area (Å²) in [6, 6.07) is 27.2. The van der Waals surface area contributed by atoms with E-state index < -0.39 is 0 Å². The smallest absolute Gasteiger partial charge is 0.191 e. The number of hydrogen-bond donors (Lipinski definition) is 2. The lowest BCUT2D eigenvalue weighted by atomic mass is 10.1. The van der Waals surface area contributed by atoms with Crippen molar-refractivity contribution in [2.24, 2.45) is 4.99 Å². The zero-order chi connectivity index (χ0) is 22.7. The van der Waals surface area contributed by atoms with Crippen molar-refractivity contribution < 1.29 is 0 Å². The van der Waals surface area contributed by atoms with E-state index in [-0.39, 0.29) is 24.0 Å². The minimum atomic E-state index is 0. The zero-order valence-electron chi connectivity index (χ0n) is 19.5. The van der Waals surface area contributed by atoms with Crippen LogP contribution in [0.25, 0.3) is 5.65 Å². The fraction of sp³-hybridized carbons (Fsp3) is 0.269. The molecule has 4 rings (SSSR count). The van der Waals surface area contributed by atoms with Gasteiger partial charge in [0.1, 0.15) is 0 Å². The summed E-state index contributed by atoms with van der Waals surface area (Å²) in [5.74, 6) is 1.62. The molecule has 8 heteroatoms. The van der Waals surface area contributed by atoms with Gasteiger partial charge in [-0.3, -0.25) is 14.3 Å². The molecule has 178 valence electrons. The van der Waals surface area contributed by atoms with E-state index in [1.807, 2.05) is 28.8 Å². The van der Waals surface area contributed by atoms with Crippen LogP contribution in [0.15, 0.2) is 90.1 Å². The minimum Gasteiger partial charge on any atom is -0.356 e. The van der Waals surface area contributed by atoms with Crippen LogP contribution in [0.2, 0.25) is 0 Å². The number of halogens is 1. The first-order chi connectivity index (χ1) is 16.3. The Bertz CT molecular complexity index is 1100. The molecule has 0 aliphatic heterocycles. The number of pyridine rings is 1. The molecule has 0 bridgehead atoms. The van der Waals surface area contributed by atoms with E-state index in [1.54, 1.807) is 7.05 Å². The monoisotopic (exact) mass is 569 g/mol. The van der Waals surface area contributed by atoms with Crippen molar-refractivity contribution in [1.29, 1.82) is 0 Å². The molecule has 0 unspecified atom stereocenters. The molecule has 0 amide bonds. The summed E-state index contributed by atoms with van der Waals surface area (Å²) in [4.78, 5) is 6.83. The van der Waals surface area contributed by atoms with Gasteiger partial charge >= 0.3 is 0 Å². The highest BCUT2D eigenvalue weighted by atomic mass is 127. The number of fused-ring (bicyclic) bond motifs is 1. The van der Waals surface area contributed by atoms with Crippen molar-refractivity contribution in [3.05, 3.63) is 102 Å². The van der Waals surface area contributed by atoms with E-state index in [9.17, 15) is 0 Å². The summed E-state index contributed by atoms with van der Waals surface area (Å²) in [6.45, 7) is 4.24. The van der Waals surface area contributed by atoms with Gasteiger partial charge < -0.3 is 10.6 Å². The average molecular weight is 569 g/mol. The Kier molecular flexibility index (Phi) is 10.3. The predicted molar refractivity (Wildman–Crippen MR) is 148 cm³/mol. The van der Waals surface area contributed by atoms with Gasteiger partial charge in [-0.05, 0) is 29.7 Å². The van der Waals surface area contributed by atoms with Gasteiger partial charge in [-0.15, -0.1) is 34.2 Å². The number of guanidine groups is 1. The zero-order valence-corrected chi connectivity index (χ0v) is 21.8. The van der Waals surface area contributed by atoms with Crippen molar-refractivity contribution in [2.75, 3.05) is 20.1 Å². The summed E-state index contributed by atoms with van der Waals surface area (Å²) in [5, 5.41) is 15.2. The maximum Gasteiger partial charge on any atom is 0.191 e. The van der Waals surface area contributed by atoms with Crippen LogP contribution >= 0.6 is 24.0 Å². The fourth-order valence-electron chi connectivity index (χ4n) is 3.80. The van der Waals surface area contributed by atoms with E-state index in [4.69, 9.17) is 0 Å². The molecule has 2 N–H and O–H groups in total. The van der Waals surface area contributed by atoms with Crippen molar-refractivity contribution in [3.8, 4) is 0 Å². The van der Waals surface area contributed by atoms with E-state index >= 15 is 0 Å². The molecular weight excluding hydrogens is 537 g/mol. The van der Waals surface area contributed by atoms with E-state index in [1.165, 1.54) is 11.1 Å². The summed E-state index contributed by atoms with van der Waals surface area (Å²) >= 11 is 0. The van der Waals surface area contributed by atoms with Gasteiger partial charge in [-0.2, -0.15) is 0 Å². The quantitative estimate of drug-likeness (QED) is 0.130. The molecule has 2 aromatic carbocycles. The topological polar surface area (TPSA) is 69.8 Å². The van der Waals surface area contributed by atoms with Gasteiger partial charge in [0.15, 0.2) is 17.4 Å². The second-order valence-corrected chi connectivity index (χ2v) is 7.93. The maximum absolute atomic E-state index is 4.34. The van der Waals surface area contributed by atoms with Gasteiger partial charge in [-0.1, -0.05) is 66.7 Å². The van der Waals surface area contributed by atoms with Crippen molar-refractivity contribution in [1.82, 2.24) is 30.1 Å².